The van der Waals surface area contributed by atoms with Gasteiger partial charge in [-0.05, 0) is 0 Å². The molecule has 4 rings (SSSR count). The molecule has 0 fully saturated rings. The third-order valence-electron chi connectivity index (χ3n) is 6.39. The minimum absolute atomic E-state index is 0.863. The molecular weight excluding hydrogens is 906 g/mol. The van der Waals surface area contributed by atoms with Crippen LogP contribution in [0.15, 0.2) is 97.1 Å². The Morgan fingerprint density at radius 1 is 0.333 bits per heavy atom. The molecule has 0 atom stereocenters. The zero-order chi connectivity index (χ0) is 30.5. The predicted molar refractivity (Wildman–Crippen MR) is 185 cm³/mol. The molecule has 0 unspecified atom stereocenters. The third-order valence-corrected chi connectivity index (χ3v) is 16.9. The molecule has 0 aromatic heterocycles. The third kappa shape index (κ3) is 12.2. The maximum atomic E-state index is 2.34. The molecular formula is C36H48Bi2N4. The Morgan fingerprint density at radius 2 is 0.524 bits per heavy atom. The molecule has 2 radical (unpaired) electrons. The van der Waals surface area contributed by atoms with E-state index in [1.807, 2.05) is 0 Å². The molecule has 6 heteroatoms. The SMILES string of the molecule is CN(C)Cc1cccc[c]1[Bi][c]1ccccc1CN(C)C.CN(C)Cc1cccc[c]1[Bi][c]1ccccc1CN(C)C. The van der Waals surface area contributed by atoms with Crippen molar-refractivity contribution < 1.29 is 0 Å². The summed E-state index contributed by atoms with van der Waals surface area (Å²) in [5.74, 6) is 0. The van der Waals surface area contributed by atoms with Crippen LogP contribution in [0, 0.1) is 0 Å². The van der Waals surface area contributed by atoms with Gasteiger partial charge in [0.2, 0.25) is 0 Å². The molecule has 0 aliphatic carbocycles. The fraction of sp³-hybridized carbons (Fsp3) is 0.333. The van der Waals surface area contributed by atoms with Gasteiger partial charge in [-0.2, -0.15) is 0 Å². The van der Waals surface area contributed by atoms with Crippen LogP contribution < -0.4 is 13.1 Å². The molecule has 4 aromatic carbocycles. The van der Waals surface area contributed by atoms with Crippen LogP contribution in [0.3, 0.4) is 0 Å². The summed E-state index contributed by atoms with van der Waals surface area (Å²) in [6.45, 7) is 4.15. The van der Waals surface area contributed by atoms with Crippen LogP contribution in [-0.4, -0.2) is 122 Å². The van der Waals surface area contributed by atoms with Crippen molar-refractivity contribution in [2.24, 2.45) is 0 Å². The van der Waals surface area contributed by atoms with Crippen LogP contribution in [0.2, 0.25) is 0 Å². The van der Waals surface area contributed by atoms with Crippen LogP contribution in [-0.2, 0) is 26.2 Å². The zero-order valence-corrected chi connectivity index (χ0v) is 33.7. The second-order valence-corrected chi connectivity index (χ2v) is 20.9. The quantitative estimate of drug-likeness (QED) is 0.203. The van der Waals surface area contributed by atoms with Gasteiger partial charge in [-0.25, -0.2) is 0 Å². The van der Waals surface area contributed by atoms with Crippen molar-refractivity contribution >= 4 is 59.6 Å². The van der Waals surface area contributed by atoms with Crippen molar-refractivity contribution in [3.8, 4) is 0 Å². The monoisotopic (exact) mass is 954 g/mol. The topological polar surface area (TPSA) is 13.0 Å². The van der Waals surface area contributed by atoms with E-state index in [2.05, 4.69) is 173 Å². The molecule has 42 heavy (non-hydrogen) atoms. The van der Waals surface area contributed by atoms with Crippen molar-refractivity contribution in [2.45, 2.75) is 26.2 Å². The van der Waals surface area contributed by atoms with E-state index in [1.165, 1.54) is 22.3 Å². The molecule has 0 aliphatic heterocycles. The standard InChI is InChI=1S/4C9H12N.2Bi/c4*1-10(2)8-9-6-4-3-5-7-9;;/h4*3-6H,8H2,1-2H3;;. The van der Waals surface area contributed by atoms with Crippen LogP contribution in [0.4, 0.5) is 0 Å². The van der Waals surface area contributed by atoms with E-state index in [1.54, 1.807) is 13.1 Å². The summed E-state index contributed by atoms with van der Waals surface area (Å²) in [7, 11) is 17.1. The number of benzene rings is 4. The summed E-state index contributed by atoms with van der Waals surface area (Å²) >= 11 is -1.73. The van der Waals surface area contributed by atoms with Crippen molar-refractivity contribution in [1.82, 2.24) is 19.6 Å². The summed E-state index contributed by atoms with van der Waals surface area (Å²) in [6, 6.07) is 35.9. The van der Waals surface area contributed by atoms with Crippen LogP contribution in [0.1, 0.15) is 22.3 Å². The van der Waals surface area contributed by atoms with E-state index in [-0.39, 0.29) is 0 Å². The Hall–Kier alpha value is -1.51. The first-order valence-electron chi connectivity index (χ1n) is 14.5. The fourth-order valence-electron chi connectivity index (χ4n) is 4.64. The summed E-state index contributed by atoms with van der Waals surface area (Å²) < 4.78 is 6.43. The zero-order valence-electron chi connectivity index (χ0n) is 26.7. The fourth-order valence-corrected chi connectivity index (χ4v) is 13.6. The van der Waals surface area contributed by atoms with E-state index < -0.39 is 46.5 Å². The first-order valence-corrected chi connectivity index (χ1v) is 21.4. The molecule has 0 saturated carbocycles. The Kier molecular flexibility index (Phi) is 15.3. The van der Waals surface area contributed by atoms with Gasteiger partial charge in [-0.3, -0.25) is 0 Å². The second-order valence-electron chi connectivity index (χ2n) is 11.7. The molecule has 4 aromatic rings. The van der Waals surface area contributed by atoms with Crippen LogP contribution in [0.25, 0.3) is 0 Å². The molecule has 0 bridgehead atoms. The first-order chi connectivity index (χ1) is 20.1. The average molecular weight is 955 g/mol. The van der Waals surface area contributed by atoms with Gasteiger partial charge in [-0.1, -0.05) is 0 Å². The normalized spacial score (nSPS) is 11.3. The van der Waals surface area contributed by atoms with Gasteiger partial charge >= 0.3 is 281 Å². The van der Waals surface area contributed by atoms with Gasteiger partial charge in [0.05, 0.1) is 0 Å². The Morgan fingerprint density at radius 3 is 0.714 bits per heavy atom. The van der Waals surface area contributed by atoms with E-state index in [0.717, 1.165) is 26.2 Å². The molecule has 0 amide bonds. The Labute approximate surface area is 278 Å². The van der Waals surface area contributed by atoms with E-state index in [9.17, 15) is 0 Å². The Balaban J connectivity index is 0.000000230. The van der Waals surface area contributed by atoms with Gasteiger partial charge < -0.3 is 0 Å². The molecule has 4 nitrogen and oxygen atoms in total. The van der Waals surface area contributed by atoms with Gasteiger partial charge in [-0.15, -0.1) is 0 Å². The number of hydrogen-bond acceptors (Lipinski definition) is 4. The number of rotatable bonds is 12. The maximum absolute atomic E-state index is 2.34. The van der Waals surface area contributed by atoms with Crippen molar-refractivity contribution in [3.63, 3.8) is 0 Å². The molecule has 0 saturated heterocycles. The molecule has 0 spiro atoms. The Bertz CT molecular complexity index is 1160. The molecule has 0 aliphatic rings. The molecule has 0 N–H and O–H groups in total. The van der Waals surface area contributed by atoms with Gasteiger partial charge in [0.1, 0.15) is 0 Å². The van der Waals surface area contributed by atoms with Gasteiger partial charge in [0.25, 0.3) is 0 Å². The first kappa shape index (κ1) is 35.0. The number of nitrogens with zero attached hydrogens (tertiary/aromatic N) is 4. The number of hydrogen-bond donors (Lipinski definition) is 0. The van der Waals surface area contributed by atoms with Crippen LogP contribution in [0.5, 0.6) is 0 Å². The minimum atomic E-state index is -0.863. The van der Waals surface area contributed by atoms with Gasteiger partial charge in [0.15, 0.2) is 0 Å². The summed E-state index contributed by atoms with van der Waals surface area (Å²) in [5, 5.41) is 0. The van der Waals surface area contributed by atoms with Crippen molar-refractivity contribution in [3.05, 3.63) is 119 Å². The van der Waals surface area contributed by atoms with E-state index in [0.29, 0.717) is 0 Å². The summed E-state index contributed by atoms with van der Waals surface area (Å²) in [4.78, 5) is 9.02. The van der Waals surface area contributed by atoms with E-state index in [4.69, 9.17) is 0 Å². The van der Waals surface area contributed by atoms with Crippen LogP contribution >= 0.6 is 0 Å². The average Bonchev–Trinajstić information content (AvgIpc) is 2.92. The summed E-state index contributed by atoms with van der Waals surface area (Å²) in [6.07, 6.45) is 0. The second kappa shape index (κ2) is 18.3. The predicted octanol–water partition coefficient (Wildman–Crippen LogP) is 2.93. The van der Waals surface area contributed by atoms with Crippen molar-refractivity contribution in [2.75, 3.05) is 56.4 Å². The van der Waals surface area contributed by atoms with E-state index >= 15 is 0 Å². The van der Waals surface area contributed by atoms with Crippen molar-refractivity contribution in [1.29, 1.82) is 0 Å². The summed E-state index contributed by atoms with van der Waals surface area (Å²) in [5.41, 5.74) is 6.00. The molecule has 0 heterocycles. The van der Waals surface area contributed by atoms with Gasteiger partial charge in [0, 0.05) is 0 Å². The molecule has 222 valence electrons.